The third-order valence-corrected chi connectivity index (χ3v) is 3.18. The Hall–Kier alpha value is -1.50. The Morgan fingerprint density at radius 1 is 1.06 bits per heavy atom. The number of nitrogens with zero attached hydrogens (tertiary/aromatic N) is 4. The van der Waals surface area contributed by atoms with Crippen LogP contribution in [-0.2, 0) is 0 Å². The summed E-state index contributed by atoms with van der Waals surface area (Å²) < 4.78 is 2.74. The summed E-state index contributed by atoms with van der Waals surface area (Å²) >= 11 is 2.19. The average molecular weight is 322 g/mol. The average Bonchev–Trinajstić information content (AvgIpc) is 2.75. The van der Waals surface area contributed by atoms with E-state index >= 15 is 0 Å². The minimum atomic E-state index is 0.839. The predicted molar refractivity (Wildman–Crippen MR) is 69.4 cm³/mol. The molecule has 0 radical (unpaired) electrons. The lowest BCUT2D eigenvalue weighted by atomic mass is 10.3. The van der Waals surface area contributed by atoms with Crippen molar-refractivity contribution in [3.8, 4) is 5.69 Å². The van der Waals surface area contributed by atoms with Crippen molar-refractivity contribution < 1.29 is 0 Å². The van der Waals surface area contributed by atoms with E-state index in [9.17, 15) is 0 Å². The van der Waals surface area contributed by atoms with Crippen molar-refractivity contribution in [3.63, 3.8) is 0 Å². The monoisotopic (exact) mass is 322 g/mol. The topological polar surface area (TPSA) is 43.6 Å². The highest BCUT2D eigenvalue weighted by Gasteiger charge is 2.08. The molecule has 3 rings (SSSR count). The van der Waals surface area contributed by atoms with Crippen LogP contribution in [0, 0.1) is 3.70 Å². The number of hydrogen-bond acceptors (Lipinski definition) is 3. The highest BCUT2D eigenvalue weighted by Crippen LogP contribution is 2.18. The van der Waals surface area contributed by atoms with E-state index in [4.69, 9.17) is 0 Å². The molecule has 0 amide bonds. The smallest absolute Gasteiger partial charge is 0.167 e. The number of halogens is 1. The summed E-state index contributed by atoms with van der Waals surface area (Å²) in [6, 6.07) is 9.95. The van der Waals surface area contributed by atoms with Gasteiger partial charge in [0.05, 0.1) is 17.3 Å². The van der Waals surface area contributed by atoms with Crippen LogP contribution in [-0.4, -0.2) is 19.7 Å². The van der Waals surface area contributed by atoms with E-state index in [0.717, 1.165) is 20.4 Å². The number of hydrogen-bond donors (Lipinski definition) is 0. The van der Waals surface area contributed by atoms with Gasteiger partial charge in [-0.2, -0.15) is 5.10 Å². The maximum absolute atomic E-state index is 4.34. The van der Waals surface area contributed by atoms with E-state index in [1.807, 2.05) is 35.0 Å². The molecule has 0 aliphatic carbocycles. The summed E-state index contributed by atoms with van der Waals surface area (Å²) in [4.78, 5) is 8.40. The highest BCUT2D eigenvalue weighted by molar-refractivity contribution is 14.1. The van der Waals surface area contributed by atoms with Gasteiger partial charge in [-0.15, -0.1) is 0 Å². The van der Waals surface area contributed by atoms with Gasteiger partial charge in [0, 0.05) is 0 Å². The molecule has 0 aliphatic rings. The molecule has 78 valence electrons. The van der Waals surface area contributed by atoms with Crippen molar-refractivity contribution in [2.24, 2.45) is 0 Å². The molecule has 0 unspecified atom stereocenters. The molecule has 0 saturated carbocycles. The number of para-hydroxylation sites is 1. The molecular weight excluding hydrogens is 315 g/mol. The molecule has 3 aromatic rings. The molecule has 5 heteroatoms. The molecule has 0 saturated heterocycles. The van der Waals surface area contributed by atoms with Crippen LogP contribution >= 0.6 is 22.6 Å². The molecule has 16 heavy (non-hydrogen) atoms. The Kier molecular flexibility index (Phi) is 2.32. The molecule has 0 fully saturated rings. The lowest BCUT2D eigenvalue weighted by Crippen LogP contribution is -1.97. The van der Waals surface area contributed by atoms with E-state index in [1.165, 1.54) is 0 Å². The van der Waals surface area contributed by atoms with Gasteiger partial charge in [0.1, 0.15) is 10.0 Å². The van der Waals surface area contributed by atoms with Gasteiger partial charge >= 0.3 is 0 Å². The Morgan fingerprint density at radius 2 is 1.88 bits per heavy atom. The van der Waals surface area contributed by atoms with E-state index in [2.05, 4.69) is 37.7 Å². The fourth-order valence-corrected chi connectivity index (χ4v) is 2.08. The molecule has 0 spiro atoms. The van der Waals surface area contributed by atoms with Crippen molar-refractivity contribution in [1.29, 1.82) is 0 Å². The lowest BCUT2D eigenvalue weighted by Gasteiger charge is -2.01. The Bertz CT molecular complexity index is 633. The van der Waals surface area contributed by atoms with Crippen molar-refractivity contribution in [1.82, 2.24) is 19.7 Å². The molecule has 1 aromatic carbocycles. The van der Waals surface area contributed by atoms with Gasteiger partial charge in [-0.1, -0.05) is 18.2 Å². The molecule has 4 nitrogen and oxygen atoms in total. The fraction of sp³-hybridized carbons (Fsp3) is 0. The summed E-state index contributed by atoms with van der Waals surface area (Å²) in [7, 11) is 0. The Balaban J connectivity index is 2.30. The van der Waals surface area contributed by atoms with Gasteiger partial charge in [0.15, 0.2) is 5.65 Å². The molecule has 0 aliphatic heterocycles. The quantitative estimate of drug-likeness (QED) is 0.510. The van der Waals surface area contributed by atoms with Gasteiger partial charge in [-0.05, 0) is 34.7 Å². The maximum atomic E-state index is 4.34. The predicted octanol–water partition coefficient (Wildman–Crippen LogP) is 2.42. The second kappa shape index (κ2) is 3.82. The summed E-state index contributed by atoms with van der Waals surface area (Å²) in [5.74, 6) is 0. The van der Waals surface area contributed by atoms with Crippen molar-refractivity contribution in [2.75, 3.05) is 0 Å². The minimum absolute atomic E-state index is 0.839. The third kappa shape index (κ3) is 1.47. The van der Waals surface area contributed by atoms with Gasteiger partial charge in [-0.3, -0.25) is 0 Å². The molecular formula is C11H7IN4. The first-order chi connectivity index (χ1) is 7.86. The Labute approximate surface area is 105 Å². The second-order valence-electron chi connectivity index (χ2n) is 3.29. The highest BCUT2D eigenvalue weighted by atomic mass is 127. The van der Waals surface area contributed by atoms with E-state index in [1.54, 1.807) is 12.5 Å². The first-order valence-electron chi connectivity index (χ1n) is 4.76. The zero-order valence-corrected chi connectivity index (χ0v) is 10.4. The normalized spacial score (nSPS) is 10.8. The zero-order valence-electron chi connectivity index (χ0n) is 8.21. The summed E-state index contributed by atoms with van der Waals surface area (Å²) in [5.41, 5.74) is 1.85. The first-order valence-corrected chi connectivity index (χ1v) is 5.84. The fourth-order valence-electron chi connectivity index (χ4n) is 1.57. The number of fused-ring (bicyclic) bond motifs is 1. The van der Waals surface area contributed by atoms with Gasteiger partial charge in [0.2, 0.25) is 0 Å². The second-order valence-corrected chi connectivity index (χ2v) is 4.32. The zero-order chi connectivity index (χ0) is 11.0. The minimum Gasteiger partial charge on any atom is -0.230 e. The summed E-state index contributed by atoms with van der Waals surface area (Å²) in [5, 5.41) is 5.31. The van der Waals surface area contributed by atoms with Crippen LogP contribution in [0.25, 0.3) is 16.7 Å². The first kappa shape index (κ1) is 9.71. The summed E-state index contributed by atoms with van der Waals surface area (Å²) in [6.45, 7) is 0. The number of rotatable bonds is 1. The largest absolute Gasteiger partial charge is 0.230 e. The summed E-state index contributed by atoms with van der Waals surface area (Å²) in [6.07, 6.45) is 3.36. The lowest BCUT2D eigenvalue weighted by molar-refractivity contribution is 0.895. The molecule has 0 bridgehead atoms. The van der Waals surface area contributed by atoms with Crippen molar-refractivity contribution in [2.45, 2.75) is 0 Å². The van der Waals surface area contributed by atoms with Crippen LogP contribution in [0.5, 0.6) is 0 Å². The van der Waals surface area contributed by atoms with E-state index < -0.39 is 0 Å². The van der Waals surface area contributed by atoms with Crippen LogP contribution in [0.2, 0.25) is 0 Å². The standard InChI is InChI=1S/C11H7IN4/c12-10-9-6-15-16(11(9)14-7-13-10)8-4-2-1-3-5-8/h1-7H. The number of benzene rings is 1. The maximum Gasteiger partial charge on any atom is 0.167 e. The van der Waals surface area contributed by atoms with Crippen LogP contribution in [0.1, 0.15) is 0 Å². The van der Waals surface area contributed by atoms with Crippen molar-refractivity contribution >= 4 is 33.6 Å². The SMILES string of the molecule is Ic1ncnc2c1cnn2-c1ccccc1. The van der Waals surface area contributed by atoms with Gasteiger partial charge in [0.25, 0.3) is 0 Å². The molecule has 0 atom stereocenters. The van der Waals surface area contributed by atoms with E-state index in [-0.39, 0.29) is 0 Å². The van der Waals surface area contributed by atoms with Crippen LogP contribution < -0.4 is 0 Å². The third-order valence-electron chi connectivity index (χ3n) is 2.32. The van der Waals surface area contributed by atoms with E-state index in [0.29, 0.717) is 0 Å². The van der Waals surface area contributed by atoms with Crippen LogP contribution in [0.3, 0.4) is 0 Å². The van der Waals surface area contributed by atoms with Crippen LogP contribution in [0.4, 0.5) is 0 Å². The molecule has 0 N–H and O–H groups in total. The van der Waals surface area contributed by atoms with Gasteiger partial charge in [-0.25, -0.2) is 14.6 Å². The van der Waals surface area contributed by atoms with Crippen LogP contribution in [0.15, 0.2) is 42.9 Å². The molecule has 2 heterocycles. The van der Waals surface area contributed by atoms with Crippen molar-refractivity contribution in [3.05, 3.63) is 46.6 Å². The molecule has 2 aromatic heterocycles. The Morgan fingerprint density at radius 3 is 2.69 bits per heavy atom. The number of aromatic nitrogens is 4. The van der Waals surface area contributed by atoms with Gasteiger partial charge < -0.3 is 0 Å².